The second kappa shape index (κ2) is 31.0. The summed E-state index contributed by atoms with van der Waals surface area (Å²) in [7, 11) is -5.22. The minimum Gasteiger partial charge on any atom is -0.506 e. The summed E-state index contributed by atoms with van der Waals surface area (Å²) in [6.07, 6.45) is -6.42. The van der Waals surface area contributed by atoms with Gasteiger partial charge < -0.3 is 88.1 Å². The molecule has 0 aromatic heterocycles. The zero-order valence-electron chi connectivity index (χ0n) is 45.3. The molecule has 1 aromatic carbocycles. The fourth-order valence-corrected chi connectivity index (χ4v) is 10.7. The maximum atomic E-state index is 14.6. The molecule has 29 heteroatoms. The SMILES string of the molecule is CCCCCCCCCCCCCCCC(=O)NC1CC(O)C(O)NC(=O)C2C(O)C(C)CN2C(=O)C(C(O)CC(N)=O)NC(=O)C(C(O)C(O)c2ccc(O)c(S(=O)(=O)O)c2)NC(=O)C2CC(O)CN2C(=O)C(C(C)O)NC1=O. The molecule has 0 spiro atoms. The van der Waals surface area contributed by atoms with Crippen molar-refractivity contribution in [1.82, 2.24) is 36.4 Å². The van der Waals surface area contributed by atoms with Gasteiger partial charge in [-0.3, -0.25) is 42.9 Å². The lowest BCUT2D eigenvalue weighted by Gasteiger charge is -2.34. The van der Waals surface area contributed by atoms with Gasteiger partial charge >= 0.3 is 0 Å². The Morgan fingerprint density at radius 1 is 0.725 bits per heavy atom. The van der Waals surface area contributed by atoms with Crippen LogP contribution in [0.15, 0.2) is 23.1 Å². The van der Waals surface area contributed by atoms with Crippen LogP contribution in [-0.2, 0) is 48.5 Å². The summed E-state index contributed by atoms with van der Waals surface area (Å²) < 4.78 is 33.8. The van der Waals surface area contributed by atoms with E-state index >= 15 is 0 Å². The number of hydrogen-bond donors (Lipinski definition) is 16. The summed E-state index contributed by atoms with van der Waals surface area (Å²) in [4.78, 5) is 112. The number of nitrogens with zero attached hydrogens (tertiary/aromatic N) is 2. The summed E-state index contributed by atoms with van der Waals surface area (Å²) in [6, 6.07) is -10.7. The third kappa shape index (κ3) is 18.7. The van der Waals surface area contributed by atoms with Gasteiger partial charge in [-0.1, -0.05) is 97.0 Å². The normalized spacial score (nSPS) is 28.3. The van der Waals surface area contributed by atoms with Crippen molar-refractivity contribution < 1.29 is 97.3 Å². The van der Waals surface area contributed by atoms with E-state index < -0.39 is 197 Å². The molecule has 0 radical (unpaired) electrons. The van der Waals surface area contributed by atoms with E-state index in [0.29, 0.717) is 34.8 Å². The second-order valence-electron chi connectivity index (χ2n) is 21.2. The molecule has 17 N–H and O–H groups in total. The van der Waals surface area contributed by atoms with Gasteiger partial charge in [0.2, 0.25) is 47.3 Å². The van der Waals surface area contributed by atoms with Crippen LogP contribution in [0, 0.1) is 5.92 Å². The van der Waals surface area contributed by atoms with Gasteiger partial charge in [0.25, 0.3) is 10.1 Å². The number of aliphatic hydroxyl groups is 8. The van der Waals surface area contributed by atoms with Gasteiger partial charge in [0.15, 0.2) is 6.23 Å². The predicted octanol–water partition coefficient (Wildman–Crippen LogP) is -3.56. The van der Waals surface area contributed by atoms with Gasteiger partial charge in [0.1, 0.15) is 65.2 Å². The molecule has 3 fully saturated rings. The first kappa shape index (κ1) is 66.9. The van der Waals surface area contributed by atoms with E-state index in [0.717, 1.165) is 45.1 Å². The van der Waals surface area contributed by atoms with Crippen molar-refractivity contribution in [3.05, 3.63) is 23.8 Å². The lowest BCUT2D eigenvalue weighted by Crippen LogP contribution is -2.64. The van der Waals surface area contributed by atoms with Crippen LogP contribution >= 0.6 is 0 Å². The van der Waals surface area contributed by atoms with Gasteiger partial charge in [-0.25, -0.2) is 0 Å². The number of aromatic hydroxyl groups is 1. The Bertz CT molecular complexity index is 2420. The van der Waals surface area contributed by atoms with E-state index in [9.17, 15) is 97.3 Å². The number of carbonyl (C=O) groups is 8. The molecule has 3 heterocycles. The molecular formula is C51H82N8O20S. The number of rotatable bonds is 23. The molecule has 80 heavy (non-hydrogen) atoms. The van der Waals surface area contributed by atoms with Crippen molar-refractivity contribution in [1.29, 1.82) is 0 Å². The van der Waals surface area contributed by atoms with E-state index in [1.165, 1.54) is 45.4 Å². The van der Waals surface area contributed by atoms with Crippen LogP contribution in [0.1, 0.15) is 142 Å². The van der Waals surface area contributed by atoms with Gasteiger partial charge in [0.05, 0.1) is 30.8 Å². The van der Waals surface area contributed by atoms with Crippen LogP contribution in [0.2, 0.25) is 0 Å². The summed E-state index contributed by atoms with van der Waals surface area (Å²) in [5.41, 5.74) is 4.70. The monoisotopic (exact) mass is 1160 g/mol. The zero-order valence-corrected chi connectivity index (χ0v) is 46.1. The minimum absolute atomic E-state index is 0.112. The maximum absolute atomic E-state index is 14.6. The highest BCUT2D eigenvalue weighted by Crippen LogP contribution is 2.30. The number of phenols is 1. The number of aliphatic hydroxyl groups excluding tert-OH is 8. The summed E-state index contributed by atoms with van der Waals surface area (Å²) >= 11 is 0. The molecule has 15 atom stereocenters. The molecule has 452 valence electrons. The molecule has 3 saturated heterocycles. The van der Waals surface area contributed by atoms with Crippen LogP contribution in [-0.4, -0.2) is 208 Å². The lowest BCUT2D eigenvalue weighted by molar-refractivity contribution is -0.149. The molecule has 0 bridgehead atoms. The Labute approximate surface area is 464 Å². The Hall–Kier alpha value is -5.63. The number of primary amides is 1. The Morgan fingerprint density at radius 2 is 1.27 bits per heavy atom. The number of benzene rings is 1. The third-order valence-electron chi connectivity index (χ3n) is 14.7. The van der Waals surface area contributed by atoms with E-state index in [4.69, 9.17) is 5.73 Å². The van der Waals surface area contributed by atoms with E-state index in [2.05, 4.69) is 22.9 Å². The van der Waals surface area contributed by atoms with Crippen LogP contribution < -0.4 is 32.3 Å². The first-order valence-electron chi connectivity index (χ1n) is 27.2. The van der Waals surface area contributed by atoms with Crippen LogP contribution in [0.4, 0.5) is 0 Å². The summed E-state index contributed by atoms with van der Waals surface area (Å²) in [6.45, 7) is 3.40. The van der Waals surface area contributed by atoms with Crippen LogP contribution in [0.5, 0.6) is 5.75 Å². The van der Waals surface area contributed by atoms with Crippen molar-refractivity contribution in [3.8, 4) is 5.75 Å². The van der Waals surface area contributed by atoms with E-state index in [-0.39, 0.29) is 6.42 Å². The predicted molar refractivity (Wildman–Crippen MR) is 280 cm³/mol. The number of fused-ring (bicyclic) bond motifs is 2. The maximum Gasteiger partial charge on any atom is 0.298 e. The Balaban J connectivity index is 1.73. The number of amides is 8. The average Bonchev–Trinajstić information content (AvgIpc) is 4.07. The first-order valence-corrected chi connectivity index (χ1v) is 28.7. The van der Waals surface area contributed by atoms with Crippen molar-refractivity contribution in [2.24, 2.45) is 11.7 Å². The largest absolute Gasteiger partial charge is 0.506 e. The van der Waals surface area contributed by atoms with Gasteiger partial charge in [-0.2, -0.15) is 8.42 Å². The van der Waals surface area contributed by atoms with Gasteiger partial charge in [-0.05, 0) is 31.0 Å². The molecule has 8 amide bonds. The number of phenolic OH excluding ortho intramolecular Hbond substituents is 1. The van der Waals surface area contributed by atoms with Crippen molar-refractivity contribution >= 4 is 57.4 Å². The highest BCUT2D eigenvalue weighted by Gasteiger charge is 2.51. The first-order chi connectivity index (χ1) is 37.6. The Morgan fingerprint density at radius 3 is 1.84 bits per heavy atom. The zero-order chi connectivity index (χ0) is 59.8. The molecule has 3 aliphatic rings. The molecular weight excluding hydrogens is 1080 g/mol. The van der Waals surface area contributed by atoms with Gasteiger partial charge in [-0.15, -0.1) is 0 Å². The lowest BCUT2D eigenvalue weighted by atomic mass is 9.96. The Kier molecular flexibility index (Phi) is 25.9. The fraction of sp³-hybridized carbons (Fsp3) is 0.725. The molecule has 0 aliphatic carbocycles. The van der Waals surface area contributed by atoms with E-state index in [1.807, 2.05) is 10.6 Å². The van der Waals surface area contributed by atoms with Crippen molar-refractivity contribution in [2.75, 3.05) is 13.1 Å². The van der Waals surface area contributed by atoms with Crippen molar-refractivity contribution in [3.63, 3.8) is 0 Å². The standard InChI is InChI=1S/C51H82N8O20S/c1-4-5-6-7-8-9-10-11-12-13-14-15-16-17-37(66)53-30-22-34(64)47(72)57-49(74)41-42(67)26(2)24-59(41)51(76)39(33(63)23-36(52)65)55-48(73)40(44(69)43(68)28-18-19-32(62)35(20-28)80(77,78)79)56-46(71)31-21-29(61)25-58(31)50(75)38(27(3)60)54-45(30)70/h18-20,26-27,29-31,33-34,38-44,47,60-64,67-69,72H,4-17,21-25H2,1-3H3,(H2,52,65)(H,53,66)(H,54,70)(H,55,73)(H,56,71)(H,57,74)(H,77,78,79). The third-order valence-corrected chi connectivity index (χ3v) is 15.6. The highest BCUT2D eigenvalue weighted by atomic mass is 32.2. The van der Waals surface area contributed by atoms with Gasteiger partial charge in [0, 0.05) is 38.3 Å². The summed E-state index contributed by atoms with van der Waals surface area (Å²) in [5.74, 6) is -12.3. The fourth-order valence-electron chi connectivity index (χ4n) is 10.1. The topological polar surface area (TPSA) is 466 Å². The average molecular weight is 1160 g/mol. The smallest absolute Gasteiger partial charge is 0.298 e. The number of unbranched alkanes of at least 4 members (excludes halogenated alkanes) is 12. The molecule has 3 aliphatic heterocycles. The molecule has 15 unspecified atom stereocenters. The number of nitrogens with two attached hydrogens (primary N) is 1. The number of nitrogens with one attached hydrogen (secondary N) is 5. The minimum atomic E-state index is -5.22. The summed E-state index contributed by atoms with van der Waals surface area (Å²) in [5, 5.41) is 111. The van der Waals surface area contributed by atoms with Crippen LogP contribution in [0.25, 0.3) is 0 Å². The second-order valence-corrected chi connectivity index (χ2v) is 22.6. The number of hydrogen-bond acceptors (Lipinski definition) is 19. The molecule has 1 aromatic rings. The molecule has 4 rings (SSSR count). The number of carbonyl (C=O) groups excluding carboxylic acids is 8. The van der Waals surface area contributed by atoms with Crippen molar-refractivity contribution in [2.45, 2.75) is 220 Å². The van der Waals surface area contributed by atoms with E-state index in [1.54, 1.807) is 0 Å². The van der Waals surface area contributed by atoms with Crippen LogP contribution in [0.3, 0.4) is 0 Å². The highest BCUT2D eigenvalue weighted by molar-refractivity contribution is 7.86. The quantitative estimate of drug-likeness (QED) is 0.0372. The molecule has 0 saturated carbocycles. The molecule has 28 nitrogen and oxygen atoms in total.